The molecule has 1 aliphatic rings. The van der Waals surface area contributed by atoms with Gasteiger partial charge < -0.3 is 14.4 Å². The van der Waals surface area contributed by atoms with Crippen molar-refractivity contribution in [2.24, 2.45) is 0 Å². The van der Waals surface area contributed by atoms with Crippen LogP contribution < -0.4 is 4.74 Å². The molecule has 2 rings (SSSR count). The van der Waals surface area contributed by atoms with E-state index in [1.54, 1.807) is 17.0 Å². The van der Waals surface area contributed by atoms with Gasteiger partial charge in [0.15, 0.2) is 0 Å². The van der Waals surface area contributed by atoms with Crippen LogP contribution in [0.1, 0.15) is 39.2 Å². The quantitative estimate of drug-likeness (QED) is 0.613. The molecule has 0 atom stereocenters. The second-order valence-electron chi connectivity index (χ2n) is 6.96. The lowest BCUT2D eigenvalue weighted by atomic mass is 10.1. The van der Waals surface area contributed by atoms with Crippen LogP contribution in [0.5, 0.6) is 5.75 Å². The van der Waals surface area contributed by atoms with E-state index in [1.807, 2.05) is 20.8 Å². The summed E-state index contributed by atoms with van der Waals surface area (Å²) in [5, 5.41) is 0. The second-order valence-corrected chi connectivity index (χ2v) is 6.96. The summed E-state index contributed by atoms with van der Waals surface area (Å²) in [7, 11) is 0. The Balaban J connectivity index is 1.88. The molecule has 0 aliphatic carbocycles. The molecule has 0 aromatic heterocycles. The first-order chi connectivity index (χ1) is 11.8. The van der Waals surface area contributed by atoms with Crippen molar-refractivity contribution in [1.82, 2.24) is 4.90 Å². The first kappa shape index (κ1) is 19.0. The van der Waals surface area contributed by atoms with Crippen molar-refractivity contribution in [3.8, 4) is 5.75 Å². The van der Waals surface area contributed by atoms with Gasteiger partial charge in [0.05, 0.1) is 0 Å². The molecule has 136 valence electrons. The number of likely N-dealkylation sites (tertiary alicyclic amines) is 1. The van der Waals surface area contributed by atoms with Gasteiger partial charge in [-0.1, -0.05) is 0 Å². The molecule has 1 fully saturated rings. The molecule has 1 saturated heterocycles. The summed E-state index contributed by atoms with van der Waals surface area (Å²) in [5.74, 6) is -0.00161. The summed E-state index contributed by atoms with van der Waals surface area (Å²) in [6, 6.07) is 4.55. The Labute approximate surface area is 147 Å². The molecule has 1 aliphatic heterocycles. The van der Waals surface area contributed by atoms with Crippen molar-refractivity contribution in [3.63, 3.8) is 0 Å². The van der Waals surface area contributed by atoms with E-state index >= 15 is 0 Å². The number of nitrogens with zero attached hydrogens (tertiary/aromatic N) is 1. The molecule has 5 nitrogen and oxygen atoms in total. The molecular weight excluding hydrogens is 325 g/mol. The number of allylic oxidation sites excluding steroid dienone is 1. The average Bonchev–Trinajstić information content (AvgIpc) is 2.53. The minimum absolute atomic E-state index is 0.0746. The Morgan fingerprint density at radius 3 is 2.52 bits per heavy atom. The largest absolute Gasteiger partial charge is 0.490 e. The highest BCUT2D eigenvalue weighted by atomic mass is 19.1. The van der Waals surface area contributed by atoms with Gasteiger partial charge in [0.1, 0.15) is 29.6 Å². The van der Waals surface area contributed by atoms with Crippen LogP contribution in [0.4, 0.5) is 9.18 Å². The van der Waals surface area contributed by atoms with Crippen LogP contribution in [0.2, 0.25) is 0 Å². The van der Waals surface area contributed by atoms with Crippen molar-refractivity contribution in [2.45, 2.75) is 45.3 Å². The van der Waals surface area contributed by atoms with E-state index in [2.05, 4.69) is 0 Å². The number of amides is 1. The van der Waals surface area contributed by atoms with E-state index < -0.39 is 11.4 Å². The molecule has 1 aromatic carbocycles. The molecule has 1 aromatic rings. The summed E-state index contributed by atoms with van der Waals surface area (Å²) in [5.41, 5.74) is -0.179. The van der Waals surface area contributed by atoms with Crippen LogP contribution in [0.3, 0.4) is 0 Å². The minimum atomic E-state index is -0.512. The van der Waals surface area contributed by atoms with Crippen LogP contribution in [-0.2, 0) is 9.53 Å². The SMILES string of the molecule is CC(C)(C)OC(=O)N1CCC(Oc2ccc(/C=C/C=O)c(F)c2)CC1. The molecule has 1 heterocycles. The first-order valence-corrected chi connectivity index (χ1v) is 8.34. The number of benzene rings is 1. The molecule has 0 spiro atoms. The Morgan fingerprint density at radius 2 is 1.96 bits per heavy atom. The summed E-state index contributed by atoms with van der Waals surface area (Å²) in [4.78, 5) is 24.0. The standard InChI is InChI=1S/C19H24FNO4/c1-19(2,3)25-18(23)21-10-8-15(9-11-21)24-16-7-6-14(5-4-12-22)17(20)13-16/h4-7,12-13,15H,8-11H2,1-3H3/b5-4+. The number of carbonyl (C=O) groups excluding carboxylic acids is 2. The van der Waals surface area contributed by atoms with Gasteiger partial charge in [0.25, 0.3) is 0 Å². The molecule has 6 heteroatoms. The van der Waals surface area contributed by atoms with Gasteiger partial charge >= 0.3 is 6.09 Å². The number of aldehydes is 1. The van der Waals surface area contributed by atoms with Crippen molar-refractivity contribution in [2.75, 3.05) is 13.1 Å². The van der Waals surface area contributed by atoms with Crippen molar-refractivity contribution in [3.05, 3.63) is 35.7 Å². The normalized spacial score (nSPS) is 16.1. The van der Waals surface area contributed by atoms with Crippen LogP contribution >= 0.6 is 0 Å². The maximum Gasteiger partial charge on any atom is 0.410 e. The summed E-state index contributed by atoms with van der Waals surface area (Å²) >= 11 is 0. The highest BCUT2D eigenvalue weighted by Gasteiger charge is 2.27. The van der Waals surface area contributed by atoms with Gasteiger partial charge in [-0.05, 0) is 45.1 Å². The van der Waals surface area contributed by atoms with E-state index in [1.165, 1.54) is 18.2 Å². The summed E-state index contributed by atoms with van der Waals surface area (Å²) < 4.78 is 25.1. The van der Waals surface area contributed by atoms with Crippen LogP contribution in [-0.4, -0.2) is 42.1 Å². The maximum absolute atomic E-state index is 13.9. The third kappa shape index (κ3) is 5.89. The van der Waals surface area contributed by atoms with Gasteiger partial charge in [-0.15, -0.1) is 0 Å². The smallest absolute Gasteiger partial charge is 0.410 e. The predicted molar refractivity (Wildman–Crippen MR) is 93.0 cm³/mol. The lowest BCUT2D eigenvalue weighted by molar-refractivity contribution is -0.104. The number of halogens is 1. The molecule has 1 amide bonds. The fourth-order valence-electron chi connectivity index (χ4n) is 2.53. The monoisotopic (exact) mass is 349 g/mol. The number of hydrogen-bond donors (Lipinski definition) is 0. The highest BCUT2D eigenvalue weighted by Crippen LogP contribution is 2.23. The fraction of sp³-hybridized carbons (Fsp3) is 0.474. The van der Waals surface area contributed by atoms with Crippen molar-refractivity contribution < 1.29 is 23.5 Å². The molecular formula is C19H24FNO4. The van der Waals surface area contributed by atoms with Gasteiger partial charge in [-0.25, -0.2) is 9.18 Å². The van der Waals surface area contributed by atoms with Crippen LogP contribution in [0.15, 0.2) is 24.3 Å². The Hall–Kier alpha value is -2.37. The Kier molecular flexibility index (Phi) is 6.17. The molecule has 0 unspecified atom stereocenters. The maximum atomic E-state index is 13.9. The molecule has 25 heavy (non-hydrogen) atoms. The average molecular weight is 349 g/mol. The van der Waals surface area contributed by atoms with E-state index in [4.69, 9.17) is 9.47 Å². The number of ether oxygens (including phenoxy) is 2. The lowest BCUT2D eigenvalue weighted by Crippen LogP contribution is -2.44. The van der Waals surface area contributed by atoms with Gasteiger partial charge in [-0.3, -0.25) is 4.79 Å². The Morgan fingerprint density at radius 1 is 1.28 bits per heavy atom. The molecule has 0 bridgehead atoms. The Bertz CT molecular complexity index is 643. The van der Waals surface area contributed by atoms with E-state index in [0.29, 0.717) is 43.5 Å². The van der Waals surface area contributed by atoms with Gasteiger partial charge in [0, 0.05) is 37.6 Å². The summed E-state index contributed by atoms with van der Waals surface area (Å²) in [6.07, 6.45) is 4.18. The van der Waals surface area contributed by atoms with Crippen LogP contribution in [0.25, 0.3) is 6.08 Å². The zero-order chi connectivity index (χ0) is 18.4. The van der Waals surface area contributed by atoms with E-state index in [0.717, 1.165) is 0 Å². The van der Waals surface area contributed by atoms with Gasteiger partial charge in [-0.2, -0.15) is 0 Å². The third-order valence-electron chi connectivity index (χ3n) is 3.72. The van der Waals surface area contributed by atoms with Crippen molar-refractivity contribution >= 4 is 18.5 Å². The number of carbonyl (C=O) groups is 2. The molecule has 0 saturated carbocycles. The highest BCUT2D eigenvalue weighted by molar-refractivity contribution is 5.74. The van der Waals surface area contributed by atoms with E-state index in [-0.39, 0.29) is 12.2 Å². The van der Waals surface area contributed by atoms with Crippen molar-refractivity contribution in [1.29, 1.82) is 0 Å². The fourth-order valence-corrected chi connectivity index (χ4v) is 2.53. The zero-order valence-electron chi connectivity index (χ0n) is 14.8. The van der Waals surface area contributed by atoms with Gasteiger partial charge in [0.2, 0.25) is 0 Å². The van der Waals surface area contributed by atoms with Crippen LogP contribution in [0, 0.1) is 5.82 Å². The molecule has 0 radical (unpaired) electrons. The minimum Gasteiger partial charge on any atom is -0.490 e. The number of rotatable bonds is 4. The second kappa shape index (κ2) is 8.14. The molecule has 0 N–H and O–H groups in total. The van der Waals surface area contributed by atoms with E-state index in [9.17, 15) is 14.0 Å². The third-order valence-corrected chi connectivity index (χ3v) is 3.72. The zero-order valence-corrected chi connectivity index (χ0v) is 14.8. The number of piperidine rings is 1. The first-order valence-electron chi connectivity index (χ1n) is 8.34. The lowest BCUT2D eigenvalue weighted by Gasteiger charge is -2.33. The predicted octanol–water partition coefficient (Wildman–Crippen LogP) is 3.82. The topological polar surface area (TPSA) is 55.8 Å². The number of hydrogen-bond acceptors (Lipinski definition) is 4. The summed E-state index contributed by atoms with van der Waals surface area (Å²) in [6.45, 7) is 6.60.